The second kappa shape index (κ2) is 7.20. The summed E-state index contributed by atoms with van der Waals surface area (Å²) in [7, 11) is -3.81. The lowest BCUT2D eigenvalue weighted by Gasteiger charge is -2.24. The van der Waals surface area contributed by atoms with Gasteiger partial charge < -0.3 is 0 Å². The molecule has 0 unspecified atom stereocenters. The predicted molar refractivity (Wildman–Crippen MR) is 83.4 cm³/mol. The van der Waals surface area contributed by atoms with E-state index >= 15 is 0 Å². The molecule has 7 heteroatoms. The highest BCUT2D eigenvalue weighted by molar-refractivity contribution is 9.09. The van der Waals surface area contributed by atoms with Crippen molar-refractivity contribution in [2.24, 2.45) is 5.41 Å². The Balaban J connectivity index is 2.83. The molecule has 0 aliphatic carbocycles. The molecule has 114 valence electrons. The Morgan fingerprint density at radius 3 is 2.65 bits per heavy atom. The standard InChI is InChI=1S/C13H18BrClFNO2S/c1-13(2,6-3-7-14)9-17-20(18,19)12-8-10(16)4-5-11(12)15/h4-5,8,17H,3,6-7,9H2,1-2H3. The highest BCUT2D eigenvalue weighted by Crippen LogP contribution is 2.25. The van der Waals surface area contributed by atoms with Gasteiger partial charge >= 0.3 is 0 Å². The Kier molecular flexibility index (Phi) is 6.44. The maximum Gasteiger partial charge on any atom is 0.242 e. The Hall–Kier alpha value is -0.170. The molecule has 0 bridgehead atoms. The first-order chi connectivity index (χ1) is 9.18. The molecule has 0 aliphatic rings. The van der Waals surface area contributed by atoms with E-state index in [0.717, 1.165) is 30.3 Å². The molecule has 1 rings (SSSR count). The van der Waals surface area contributed by atoms with E-state index in [1.165, 1.54) is 6.07 Å². The van der Waals surface area contributed by atoms with Crippen LogP contribution in [0.2, 0.25) is 5.02 Å². The molecule has 0 fully saturated rings. The van der Waals surface area contributed by atoms with Crippen molar-refractivity contribution in [2.75, 3.05) is 11.9 Å². The molecule has 20 heavy (non-hydrogen) atoms. The van der Waals surface area contributed by atoms with Crippen LogP contribution in [0.15, 0.2) is 23.1 Å². The molecule has 1 N–H and O–H groups in total. The van der Waals surface area contributed by atoms with Crippen LogP contribution in [0.1, 0.15) is 26.7 Å². The lowest BCUT2D eigenvalue weighted by Crippen LogP contribution is -2.34. The number of nitrogens with one attached hydrogen (secondary N) is 1. The minimum Gasteiger partial charge on any atom is -0.211 e. The molecule has 0 aliphatic heterocycles. The van der Waals surface area contributed by atoms with Crippen molar-refractivity contribution in [3.63, 3.8) is 0 Å². The van der Waals surface area contributed by atoms with Crippen LogP contribution in [0.5, 0.6) is 0 Å². The zero-order chi connectivity index (χ0) is 15.4. The molecule has 0 radical (unpaired) electrons. The zero-order valence-electron chi connectivity index (χ0n) is 11.4. The van der Waals surface area contributed by atoms with Gasteiger partial charge in [0.25, 0.3) is 0 Å². The summed E-state index contributed by atoms with van der Waals surface area (Å²) in [5.41, 5.74) is -0.180. The van der Waals surface area contributed by atoms with Gasteiger partial charge in [0.05, 0.1) is 5.02 Å². The second-order valence-electron chi connectivity index (χ2n) is 5.36. The number of benzene rings is 1. The van der Waals surface area contributed by atoms with Crippen molar-refractivity contribution in [3.8, 4) is 0 Å². The van der Waals surface area contributed by atoms with Gasteiger partial charge in [0.15, 0.2) is 0 Å². The SMILES string of the molecule is CC(C)(CCCBr)CNS(=O)(=O)c1cc(F)ccc1Cl. The predicted octanol–water partition coefficient (Wildman–Crippen LogP) is 3.96. The quantitative estimate of drug-likeness (QED) is 0.721. The van der Waals surface area contributed by atoms with Crippen molar-refractivity contribution in [2.45, 2.75) is 31.6 Å². The fourth-order valence-electron chi connectivity index (χ4n) is 1.69. The number of hydrogen-bond acceptors (Lipinski definition) is 2. The molecule has 0 amide bonds. The van der Waals surface area contributed by atoms with Gasteiger partial charge in [-0.3, -0.25) is 0 Å². The van der Waals surface area contributed by atoms with Gasteiger partial charge in [-0.1, -0.05) is 41.4 Å². The number of alkyl halides is 1. The minimum atomic E-state index is -3.81. The summed E-state index contributed by atoms with van der Waals surface area (Å²) in [6, 6.07) is 3.29. The lowest BCUT2D eigenvalue weighted by atomic mass is 9.88. The summed E-state index contributed by atoms with van der Waals surface area (Å²) in [5, 5.41) is 0.885. The highest BCUT2D eigenvalue weighted by Gasteiger charge is 2.24. The monoisotopic (exact) mass is 385 g/mol. The van der Waals surface area contributed by atoms with Gasteiger partial charge in [-0.2, -0.15) is 0 Å². The van der Waals surface area contributed by atoms with E-state index in [1.54, 1.807) is 0 Å². The molecule has 1 aromatic rings. The van der Waals surface area contributed by atoms with Crippen molar-refractivity contribution < 1.29 is 12.8 Å². The van der Waals surface area contributed by atoms with Crippen LogP contribution in [0, 0.1) is 11.2 Å². The first-order valence-electron chi connectivity index (χ1n) is 6.19. The van der Waals surface area contributed by atoms with Crippen LogP contribution in [0.25, 0.3) is 0 Å². The minimum absolute atomic E-state index is 0.0113. The Morgan fingerprint density at radius 2 is 2.05 bits per heavy atom. The van der Waals surface area contributed by atoms with Crippen molar-refractivity contribution in [1.82, 2.24) is 4.72 Å². The molecule has 0 aromatic heterocycles. The van der Waals surface area contributed by atoms with E-state index in [4.69, 9.17) is 11.6 Å². The zero-order valence-corrected chi connectivity index (χ0v) is 14.6. The van der Waals surface area contributed by atoms with E-state index in [2.05, 4.69) is 20.7 Å². The molecule has 0 atom stereocenters. The van der Waals surface area contributed by atoms with E-state index in [-0.39, 0.29) is 21.9 Å². The molecule has 0 saturated heterocycles. The summed E-state index contributed by atoms with van der Waals surface area (Å²) in [5.74, 6) is -0.631. The molecular formula is C13H18BrClFNO2S. The smallest absolute Gasteiger partial charge is 0.211 e. The Morgan fingerprint density at radius 1 is 1.40 bits per heavy atom. The third-order valence-electron chi connectivity index (χ3n) is 2.91. The fourth-order valence-corrected chi connectivity index (χ4v) is 3.72. The van der Waals surface area contributed by atoms with E-state index in [9.17, 15) is 12.8 Å². The van der Waals surface area contributed by atoms with Crippen molar-refractivity contribution in [1.29, 1.82) is 0 Å². The van der Waals surface area contributed by atoms with Crippen LogP contribution in [-0.2, 0) is 10.0 Å². The van der Waals surface area contributed by atoms with Crippen LogP contribution < -0.4 is 4.72 Å². The van der Waals surface area contributed by atoms with Crippen molar-refractivity contribution >= 4 is 37.6 Å². The molecule has 0 heterocycles. The van der Waals surface area contributed by atoms with Gasteiger partial charge in [0.2, 0.25) is 10.0 Å². The van der Waals surface area contributed by atoms with Crippen LogP contribution in [0.3, 0.4) is 0 Å². The van der Waals surface area contributed by atoms with Crippen LogP contribution >= 0.6 is 27.5 Å². The van der Waals surface area contributed by atoms with Gasteiger partial charge in [-0.15, -0.1) is 0 Å². The fraction of sp³-hybridized carbons (Fsp3) is 0.538. The number of hydrogen-bond donors (Lipinski definition) is 1. The first kappa shape index (κ1) is 17.9. The number of sulfonamides is 1. The number of halogens is 3. The molecule has 0 spiro atoms. The maximum absolute atomic E-state index is 13.2. The first-order valence-corrected chi connectivity index (χ1v) is 9.17. The Bertz CT molecular complexity index is 563. The second-order valence-corrected chi connectivity index (χ2v) is 8.29. The van der Waals surface area contributed by atoms with E-state index in [0.29, 0.717) is 0 Å². The summed E-state index contributed by atoms with van der Waals surface area (Å²) >= 11 is 9.17. The number of rotatable bonds is 7. The van der Waals surface area contributed by atoms with Crippen LogP contribution in [0.4, 0.5) is 4.39 Å². The summed E-state index contributed by atoms with van der Waals surface area (Å²) < 4.78 is 40.0. The normalized spacial score (nSPS) is 12.7. The van der Waals surface area contributed by atoms with Gasteiger partial charge in [0, 0.05) is 11.9 Å². The third kappa shape index (κ3) is 5.31. The van der Waals surface area contributed by atoms with Gasteiger partial charge in [-0.25, -0.2) is 17.5 Å². The highest BCUT2D eigenvalue weighted by atomic mass is 79.9. The molecule has 0 saturated carbocycles. The summed E-state index contributed by atoms with van der Waals surface area (Å²) in [6.45, 7) is 4.23. The average molecular weight is 387 g/mol. The third-order valence-corrected chi connectivity index (χ3v) is 5.35. The molecule has 1 aromatic carbocycles. The van der Waals surface area contributed by atoms with E-state index < -0.39 is 15.8 Å². The topological polar surface area (TPSA) is 46.2 Å². The molecular weight excluding hydrogens is 369 g/mol. The Labute approximate surface area is 133 Å². The van der Waals surface area contributed by atoms with Crippen LogP contribution in [-0.4, -0.2) is 20.3 Å². The van der Waals surface area contributed by atoms with E-state index in [1.807, 2.05) is 13.8 Å². The maximum atomic E-state index is 13.2. The van der Waals surface area contributed by atoms with Gasteiger partial charge in [-0.05, 0) is 36.5 Å². The average Bonchev–Trinajstić information content (AvgIpc) is 2.37. The largest absolute Gasteiger partial charge is 0.242 e. The lowest BCUT2D eigenvalue weighted by molar-refractivity contribution is 0.332. The summed E-state index contributed by atoms with van der Waals surface area (Å²) in [4.78, 5) is -0.226. The molecule has 3 nitrogen and oxygen atoms in total. The summed E-state index contributed by atoms with van der Waals surface area (Å²) in [6.07, 6.45) is 1.83. The van der Waals surface area contributed by atoms with Crippen molar-refractivity contribution in [3.05, 3.63) is 29.0 Å². The van der Waals surface area contributed by atoms with Gasteiger partial charge in [0.1, 0.15) is 10.7 Å².